The summed E-state index contributed by atoms with van der Waals surface area (Å²) in [6.07, 6.45) is 0. The Morgan fingerprint density at radius 2 is 1.74 bits per heavy atom. The standard InChI is InChI=1S/C22H18N2O3/c1-14(18-8-4-6-15-5-2-3-7-19(15)18)23-22(26)24-17-10-11-20-16(13-17)9-12-21(25)27-20/h2-14H,1H3,(H2,23,24,26). The van der Waals surface area contributed by atoms with Crippen molar-refractivity contribution in [3.8, 4) is 0 Å². The summed E-state index contributed by atoms with van der Waals surface area (Å²) < 4.78 is 5.10. The number of anilines is 1. The Balaban J connectivity index is 1.52. The molecule has 0 radical (unpaired) electrons. The number of nitrogens with one attached hydrogen (secondary N) is 2. The second-order valence-corrected chi connectivity index (χ2v) is 6.40. The van der Waals surface area contributed by atoms with E-state index in [1.807, 2.05) is 31.2 Å². The minimum atomic E-state index is -0.398. The minimum absolute atomic E-state index is 0.158. The van der Waals surface area contributed by atoms with Crippen molar-refractivity contribution in [2.75, 3.05) is 5.32 Å². The molecule has 2 N–H and O–H groups in total. The molecule has 0 fully saturated rings. The molecular formula is C22H18N2O3. The molecule has 0 aliphatic heterocycles. The fourth-order valence-corrected chi connectivity index (χ4v) is 3.22. The molecule has 3 aromatic carbocycles. The van der Waals surface area contributed by atoms with Gasteiger partial charge in [-0.05, 0) is 47.5 Å². The molecule has 0 aliphatic rings. The summed E-state index contributed by atoms with van der Waals surface area (Å²) in [7, 11) is 0. The molecule has 0 saturated carbocycles. The summed E-state index contributed by atoms with van der Waals surface area (Å²) in [6.45, 7) is 1.95. The number of carbonyl (C=O) groups is 1. The maximum atomic E-state index is 12.4. The largest absolute Gasteiger partial charge is 0.423 e. The van der Waals surface area contributed by atoms with E-state index in [1.165, 1.54) is 6.07 Å². The zero-order valence-corrected chi connectivity index (χ0v) is 14.7. The van der Waals surface area contributed by atoms with Gasteiger partial charge in [0.1, 0.15) is 5.58 Å². The highest BCUT2D eigenvalue weighted by molar-refractivity contribution is 5.93. The number of carbonyl (C=O) groups excluding carboxylic acids is 1. The van der Waals surface area contributed by atoms with Crippen LogP contribution in [-0.2, 0) is 0 Å². The van der Waals surface area contributed by atoms with Crippen LogP contribution in [-0.4, -0.2) is 6.03 Å². The molecule has 4 aromatic rings. The minimum Gasteiger partial charge on any atom is -0.423 e. The molecule has 1 heterocycles. The van der Waals surface area contributed by atoms with Crippen molar-refractivity contribution in [2.24, 2.45) is 0 Å². The van der Waals surface area contributed by atoms with Crippen LogP contribution in [0.25, 0.3) is 21.7 Å². The number of fused-ring (bicyclic) bond motifs is 2. The molecule has 1 aromatic heterocycles. The summed E-state index contributed by atoms with van der Waals surface area (Å²) >= 11 is 0. The molecule has 27 heavy (non-hydrogen) atoms. The quantitative estimate of drug-likeness (QED) is 0.515. The first-order chi connectivity index (χ1) is 13.1. The van der Waals surface area contributed by atoms with Crippen LogP contribution in [0.1, 0.15) is 18.5 Å². The molecule has 1 atom stereocenters. The van der Waals surface area contributed by atoms with E-state index < -0.39 is 5.63 Å². The molecule has 0 saturated heterocycles. The molecule has 5 nitrogen and oxygen atoms in total. The molecule has 2 amide bonds. The SMILES string of the molecule is CC(NC(=O)Nc1ccc2oc(=O)ccc2c1)c1cccc2ccccc12. The molecule has 4 rings (SSSR count). The average molecular weight is 358 g/mol. The third kappa shape index (κ3) is 3.53. The van der Waals surface area contributed by atoms with Crippen molar-refractivity contribution in [3.63, 3.8) is 0 Å². The average Bonchev–Trinajstić information content (AvgIpc) is 2.67. The van der Waals surface area contributed by atoms with Gasteiger partial charge in [0.2, 0.25) is 0 Å². The number of hydrogen-bond donors (Lipinski definition) is 2. The van der Waals surface area contributed by atoms with Gasteiger partial charge in [-0.1, -0.05) is 42.5 Å². The van der Waals surface area contributed by atoms with E-state index in [0.29, 0.717) is 11.3 Å². The van der Waals surface area contributed by atoms with Gasteiger partial charge < -0.3 is 15.1 Å². The lowest BCUT2D eigenvalue weighted by Crippen LogP contribution is -2.31. The fraction of sp³-hybridized carbons (Fsp3) is 0.0909. The predicted octanol–water partition coefficient (Wildman–Crippen LogP) is 4.83. The Kier molecular flexibility index (Phi) is 4.34. The van der Waals surface area contributed by atoms with Crippen LogP contribution in [0.4, 0.5) is 10.5 Å². The summed E-state index contributed by atoms with van der Waals surface area (Å²) in [5.74, 6) is 0. The van der Waals surface area contributed by atoms with Gasteiger partial charge in [0.05, 0.1) is 6.04 Å². The molecule has 5 heteroatoms. The van der Waals surface area contributed by atoms with Crippen molar-refractivity contribution in [2.45, 2.75) is 13.0 Å². The zero-order valence-electron chi connectivity index (χ0n) is 14.7. The summed E-state index contributed by atoms with van der Waals surface area (Å²) in [6, 6.07) is 21.9. The van der Waals surface area contributed by atoms with E-state index in [2.05, 4.69) is 28.8 Å². The number of hydrogen-bond acceptors (Lipinski definition) is 3. The predicted molar refractivity (Wildman–Crippen MR) is 107 cm³/mol. The van der Waals surface area contributed by atoms with E-state index in [9.17, 15) is 9.59 Å². The van der Waals surface area contributed by atoms with Crippen LogP contribution in [0.3, 0.4) is 0 Å². The second kappa shape index (κ2) is 6.96. The highest BCUT2D eigenvalue weighted by atomic mass is 16.4. The maximum Gasteiger partial charge on any atom is 0.336 e. The van der Waals surface area contributed by atoms with Gasteiger partial charge in [-0.3, -0.25) is 0 Å². The Morgan fingerprint density at radius 1 is 0.926 bits per heavy atom. The number of benzene rings is 3. The molecule has 0 spiro atoms. The van der Waals surface area contributed by atoms with Crippen LogP contribution < -0.4 is 16.3 Å². The Bertz CT molecular complexity index is 1190. The monoisotopic (exact) mass is 358 g/mol. The Morgan fingerprint density at radius 3 is 2.63 bits per heavy atom. The Labute approximate surface area is 155 Å². The summed E-state index contributed by atoms with van der Waals surface area (Å²) in [5, 5.41) is 8.80. The van der Waals surface area contributed by atoms with Gasteiger partial charge in [-0.15, -0.1) is 0 Å². The van der Waals surface area contributed by atoms with Gasteiger partial charge in [0, 0.05) is 17.1 Å². The lowest BCUT2D eigenvalue weighted by atomic mass is 10.00. The van der Waals surface area contributed by atoms with Gasteiger partial charge in [-0.25, -0.2) is 9.59 Å². The lowest BCUT2D eigenvalue weighted by molar-refractivity contribution is 0.249. The topological polar surface area (TPSA) is 71.3 Å². The van der Waals surface area contributed by atoms with Crippen molar-refractivity contribution < 1.29 is 9.21 Å². The normalized spacial score (nSPS) is 12.0. The number of urea groups is 1. The van der Waals surface area contributed by atoms with E-state index in [-0.39, 0.29) is 12.1 Å². The van der Waals surface area contributed by atoms with E-state index in [0.717, 1.165) is 21.7 Å². The number of rotatable bonds is 3. The van der Waals surface area contributed by atoms with Crippen LogP contribution in [0.2, 0.25) is 0 Å². The third-order valence-electron chi connectivity index (χ3n) is 4.51. The molecule has 134 valence electrons. The smallest absolute Gasteiger partial charge is 0.336 e. The first-order valence-electron chi connectivity index (χ1n) is 8.69. The molecule has 0 aliphatic carbocycles. The van der Waals surface area contributed by atoms with Gasteiger partial charge in [0.25, 0.3) is 0 Å². The van der Waals surface area contributed by atoms with E-state index in [1.54, 1.807) is 24.3 Å². The third-order valence-corrected chi connectivity index (χ3v) is 4.51. The van der Waals surface area contributed by atoms with Crippen LogP contribution in [0.15, 0.2) is 82.0 Å². The molecule has 0 bridgehead atoms. The highest BCUT2D eigenvalue weighted by Gasteiger charge is 2.12. The van der Waals surface area contributed by atoms with Crippen LogP contribution in [0.5, 0.6) is 0 Å². The molecule has 1 unspecified atom stereocenters. The highest BCUT2D eigenvalue weighted by Crippen LogP contribution is 2.24. The summed E-state index contributed by atoms with van der Waals surface area (Å²) in [5.41, 5.74) is 1.77. The van der Waals surface area contributed by atoms with Gasteiger partial charge >= 0.3 is 11.7 Å². The first-order valence-corrected chi connectivity index (χ1v) is 8.69. The van der Waals surface area contributed by atoms with Crippen molar-refractivity contribution >= 4 is 33.5 Å². The maximum absolute atomic E-state index is 12.4. The van der Waals surface area contributed by atoms with Crippen molar-refractivity contribution in [3.05, 3.63) is 88.8 Å². The van der Waals surface area contributed by atoms with E-state index in [4.69, 9.17) is 4.42 Å². The van der Waals surface area contributed by atoms with Gasteiger partial charge in [0.15, 0.2) is 0 Å². The lowest BCUT2D eigenvalue weighted by Gasteiger charge is -2.17. The second-order valence-electron chi connectivity index (χ2n) is 6.40. The van der Waals surface area contributed by atoms with Gasteiger partial charge in [-0.2, -0.15) is 0 Å². The molecular weight excluding hydrogens is 340 g/mol. The zero-order chi connectivity index (χ0) is 18.8. The fourth-order valence-electron chi connectivity index (χ4n) is 3.22. The van der Waals surface area contributed by atoms with Crippen LogP contribution >= 0.6 is 0 Å². The van der Waals surface area contributed by atoms with Crippen molar-refractivity contribution in [1.29, 1.82) is 0 Å². The van der Waals surface area contributed by atoms with E-state index >= 15 is 0 Å². The van der Waals surface area contributed by atoms with Crippen molar-refractivity contribution in [1.82, 2.24) is 5.32 Å². The van der Waals surface area contributed by atoms with Crippen LogP contribution in [0, 0.1) is 0 Å². The number of amides is 2. The summed E-state index contributed by atoms with van der Waals surface area (Å²) in [4.78, 5) is 23.7. The Hall–Kier alpha value is -3.60. The first kappa shape index (κ1) is 16.8.